The summed E-state index contributed by atoms with van der Waals surface area (Å²) in [7, 11) is 0. The number of hydrogen-bond donors (Lipinski definition) is 2. The van der Waals surface area contributed by atoms with Gasteiger partial charge in [-0.3, -0.25) is 4.98 Å². The zero-order valence-electron chi connectivity index (χ0n) is 18.1. The van der Waals surface area contributed by atoms with Crippen LogP contribution < -0.4 is 15.2 Å². The summed E-state index contributed by atoms with van der Waals surface area (Å²) >= 11 is 0. The van der Waals surface area contributed by atoms with Crippen molar-refractivity contribution in [2.75, 3.05) is 32.0 Å². The van der Waals surface area contributed by atoms with E-state index in [-0.39, 0.29) is 6.61 Å². The molecule has 0 radical (unpaired) electrons. The molecule has 2 aromatic carbocycles. The van der Waals surface area contributed by atoms with Crippen molar-refractivity contribution in [1.29, 1.82) is 5.26 Å². The Bertz CT molecular complexity index is 1090. The molecule has 0 fully saturated rings. The molecule has 0 unspecified atom stereocenters. The van der Waals surface area contributed by atoms with Crippen LogP contribution in [0.5, 0.6) is 17.2 Å². The smallest absolute Gasteiger partial charge is 0.139 e. The SMILES string of the molecule is CCN(CC)C[C@H](O)COc1cc2nccc(Oc3ccc(N)c(C)c3)c2cc1C#N. The number of nitrogens with two attached hydrogens (primary N) is 1. The summed E-state index contributed by atoms with van der Waals surface area (Å²) in [6.45, 7) is 8.33. The van der Waals surface area contributed by atoms with Crippen molar-refractivity contribution in [3.8, 4) is 23.3 Å². The molecule has 0 aliphatic carbocycles. The molecular weight excluding hydrogens is 392 g/mol. The molecule has 3 aromatic rings. The lowest BCUT2D eigenvalue weighted by Gasteiger charge is -2.22. The molecule has 1 atom stereocenters. The highest BCUT2D eigenvalue weighted by atomic mass is 16.5. The molecule has 0 saturated carbocycles. The molecule has 0 aliphatic heterocycles. The number of aliphatic hydroxyl groups excluding tert-OH is 1. The van der Waals surface area contributed by atoms with Crippen LogP contribution in [0, 0.1) is 18.3 Å². The van der Waals surface area contributed by atoms with Gasteiger partial charge >= 0.3 is 0 Å². The maximum Gasteiger partial charge on any atom is 0.139 e. The van der Waals surface area contributed by atoms with Gasteiger partial charge in [0.05, 0.1) is 11.1 Å². The van der Waals surface area contributed by atoms with Crippen LogP contribution in [0.2, 0.25) is 0 Å². The van der Waals surface area contributed by atoms with E-state index >= 15 is 0 Å². The van der Waals surface area contributed by atoms with Gasteiger partial charge in [-0.1, -0.05) is 13.8 Å². The third-order valence-corrected chi connectivity index (χ3v) is 5.19. The molecule has 7 heteroatoms. The van der Waals surface area contributed by atoms with Crippen molar-refractivity contribution in [1.82, 2.24) is 9.88 Å². The first kappa shape index (κ1) is 22.3. The molecule has 162 valence electrons. The van der Waals surface area contributed by atoms with E-state index < -0.39 is 6.10 Å². The molecule has 0 saturated heterocycles. The van der Waals surface area contributed by atoms with Gasteiger partial charge in [0.25, 0.3) is 0 Å². The lowest BCUT2D eigenvalue weighted by atomic mass is 10.1. The van der Waals surface area contributed by atoms with Crippen molar-refractivity contribution < 1.29 is 14.6 Å². The first-order chi connectivity index (χ1) is 14.9. The number of hydrogen-bond acceptors (Lipinski definition) is 7. The number of nitrogens with zero attached hydrogens (tertiary/aromatic N) is 3. The summed E-state index contributed by atoms with van der Waals surface area (Å²) in [6, 6.07) is 12.8. The quantitative estimate of drug-likeness (QED) is 0.506. The molecule has 31 heavy (non-hydrogen) atoms. The Kier molecular flexibility index (Phi) is 7.29. The molecule has 0 aliphatic rings. The first-order valence-corrected chi connectivity index (χ1v) is 10.3. The van der Waals surface area contributed by atoms with Gasteiger partial charge in [-0.05, 0) is 55.9 Å². The molecular formula is C24H28N4O3. The van der Waals surface area contributed by atoms with Crippen LogP contribution in [0.4, 0.5) is 5.69 Å². The number of fused-ring (bicyclic) bond motifs is 1. The number of aromatic nitrogens is 1. The van der Waals surface area contributed by atoms with E-state index in [0.29, 0.717) is 45.9 Å². The van der Waals surface area contributed by atoms with Gasteiger partial charge in [0.2, 0.25) is 0 Å². The molecule has 0 spiro atoms. The van der Waals surface area contributed by atoms with Gasteiger partial charge in [0.1, 0.15) is 36.0 Å². The summed E-state index contributed by atoms with van der Waals surface area (Å²) in [6.07, 6.45) is 0.992. The maximum absolute atomic E-state index is 10.3. The van der Waals surface area contributed by atoms with E-state index in [2.05, 4.69) is 16.0 Å². The number of likely N-dealkylation sites (N-methyl/N-ethyl adjacent to an activating group) is 1. The Morgan fingerprint density at radius 2 is 1.94 bits per heavy atom. The lowest BCUT2D eigenvalue weighted by Crippen LogP contribution is -2.35. The van der Waals surface area contributed by atoms with Crippen molar-refractivity contribution in [2.45, 2.75) is 26.9 Å². The van der Waals surface area contributed by atoms with Crippen LogP contribution in [-0.4, -0.2) is 47.3 Å². The minimum absolute atomic E-state index is 0.0948. The van der Waals surface area contributed by atoms with Crippen LogP contribution in [0.1, 0.15) is 25.0 Å². The van der Waals surface area contributed by atoms with E-state index in [0.717, 1.165) is 18.7 Å². The summed E-state index contributed by atoms with van der Waals surface area (Å²) in [5.74, 6) is 1.62. The molecule has 1 aromatic heterocycles. The Morgan fingerprint density at radius 1 is 1.16 bits per heavy atom. The number of benzene rings is 2. The standard InChI is InChI=1S/C24H28N4O3/c1-4-28(5-2)14-18(29)15-30-24-12-22-20(11-17(24)13-25)23(8-9-27-22)31-19-6-7-21(26)16(3)10-19/h6-12,18,29H,4-5,14-15,26H2,1-3H3/t18-/m0/s1. The maximum atomic E-state index is 10.3. The monoisotopic (exact) mass is 420 g/mol. The topological polar surface area (TPSA) is 105 Å². The third-order valence-electron chi connectivity index (χ3n) is 5.19. The fourth-order valence-electron chi connectivity index (χ4n) is 3.30. The third kappa shape index (κ3) is 5.43. The van der Waals surface area contributed by atoms with E-state index in [9.17, 15) is 10.4 Å². The predicted molar refractivity (Wildman–Crippen MR) is 121 cm³/mol. The number of aryl methyl sites for hydroxylation is 1. The Labute approximate surface area is 182 Å². The van der Waals surface area contributed by atoms with Crippen molar-refractivity contribution >= 4 is 16.6 Å². The molecule has 7 nitrogen and oxygen atoms in total. The number of ether oxygens (including phenoxy) is 2. The summed E-state index contributed by atoms with van der Waals surface area (Å²) in [4.78, 5) is 6.51. The molecule has 1 heterocycles. The fraction of sp³-hybridized carbons (Fsp3) is 0.333. The largest absolute Gasteiger partial charge is 0.489 e. The molecule has 3 rings (SSSR count). The second-order valence-corrected chi connectivity index (χ2v) is 7.36. The second-order valence-electron chi connectivity index (χ2n) is 7.36. The lowest BCUT2D eigenvalue weighted by molar-refractivity contribution is 0.0716. The highest BCUT2D eigenvalue weighted by molar-refractivity contribution is 5.88. The average molecular weight is 421 g/mol. The highest BCUT2D eigenvalue weighted by Crippen LogP contribution is 2.33. The van der Waals surface area contributed by atoms with Crippen molar-refractivity contribution in [3.63, 3.8) is 0 Å². The van der Waals surface area contributed by atoms with Gasteiger partial charge < -0.3 is 25.2 Å². The van der Waals surface area contributed by atoms with Gasteiger partial charge in [0, 0.05) is 29.9 Å². The zero-order valence-corrected chi connectivity index (χ0v) is 18.1. The number of aliphatic hydroxyl groups is 1. The van der Waals surface area contributed by atoms with Gasteiger partial charge in [0.15, 0.2) is 0 Å². The van der Waals surface area contributed by atoms with Crippen LogP contribution in [-0.2, 0) is 0 Å². The van der Waals surface area contributed by atoms with Gasteiger partial charge in [-0.25, -0.2) is 0 Å². The number of nitrogen functional groups attached to an aromatic ring is 1. The number of pyridine rings is 1. The predicted octanol–water partition coefficient (Wildman–Crippen LogP) is 3.87. The minimum atomic E-state index is -0.654. The number of anilines is 1. The highest BCUT2D eigenvalue weighted by Gasteiger charge is 2.14. The van der Waals surface area contributed by atoms with Crippen LogP contribution >= 0.6 is 0 Å². The number of nitriles is 1. The fourth-order valence-corrected chi connectivity index (χ4v) is 3.30. The second kappa shape index (κ2) is 10.1. The molecule has 0 amide bonds. The Balaban J connectivity index is 1.84. The molecule has 3 N–H and O–H groups in total. The first-order valence-electron chi connectivity index (χ1n) is 10.3. The van der Waals surface area contributed by atoms with E-state index in [1.807, 2.05) is 26.8 Å². The van der Waals surface area contributed by atoms with E-state index in [4.69, 9.17) is 15.2 Å². The average Bonchev–Trinajstić information content (AvgIpc) is 2.78. The Hall–Kier alpha value is -3.34. The van der Waals surface area contributed by atoms with Crippen molar-refractivity contribution in [2.24, 2.45) is 0 Å². The Morgan fingerprint density at radius 3 is 2.61 bits per heavy atom. The van der Waals surface area contributed by atoms with Crippen LogP contribution in [0.15, 0.2) is 42.6 Å². The minimum Gasteiger partial charge on any atom is -0.489 e. The summed E-state index contributed by atoms with van der Waals surface area (Å²) in [5, 5.41) is 20.6. The summed E-state index contributed by atoms with van der Waals surface area (Å²) < 4.78 is 11.8. The zero-order chi connectivity index (χ0) is 22.4. The summed E-state index contributed by atoms with van der Waals surface area (Å²) in [5.41, 5.74) is 8.50. The van der Waals surface area contributed by atoms with Crippen LogP contribution in [0.3, 0.4) is 0 Å². The normalized spacial score (nSPS) is 12.0. The number of rotatable bonds is 9. The van der Waals surface area contributed by atoms with Crippen LogP contribution in [0.25, 0.3) is 10.9 Å². The van der Waals surface area contributed by atoms with Gasteiger partial charge in [-0.15, -0.1) is 0 Å². The van der Waals surface area contributed by atoms with Crippen molar-refractivity contribution in [3.05, 3.63) is 53.7 Å². The van der Waals surface area contributed by atoms with Gasteiger partial charge in [-0.2, -0.15) is 5.26 Å². The van der Waals surface area contributed by atoms with E-state index in [1.165, 1.54) is 0 Å². The van der Waals surface area contributed by atoms with E-state index in [1.54, 1.807) is 36.5 Å². The molecule has 0 bridgehead atoms.